The molecule has 1 aliphatic rings. The van der Waals surface area contributed by atoms with Gasteiger partial charge in [0, 0.05) is 18.8 Å². The van der Waals surface area contributed by atoms with Crippen molar-refractivity contribution in [2.75, 3.05) is 31.5 Å². The van der Waals surface area contributed by atoms with Crippen molar-refractivity contribution in [3.05, 3.63) is 54.6 Å². The maximum Gasteiger partial charge on any atom is 0.241 e. The molecule has 0 radical (unpaired) electrons. The fourth-order valence-electron chi connectivity index (χ4n) is 2.91. The van der Waals surface area contributed by atoms with E-state index >= 15 is 0 Å². The Morgan fingerprint density at radius 2 is 1.48 bits per heavy atom. The summed E-state index contributed by atoms with van der Waals surface area (Å²) in [5, 5.41) is 5.75. The molecule has 0 unspecified atom stereocenters. The largest absolute Gasteiger partial charge is 0.376 e. The van der Waals surface area contributed by atoms with Gasteiger partial charge in [0.1, 0.15) is 0 Å². The molecule has 3 rings (SSSR count). The normalized spacial score (nSPS) is 13.5. The Kier molecular flexibility index (Phi) is 5.67. The molecule has 2 amide bonds. The summed E-state index contributed by atoms with van der Waals surface area (Å²) in [5.74, 6) is -0.183. The fourth-order valence-corrected chi connectivity index (χ4v) is 2.91. The van der Waals surface area contributed by atoms with Crippen molar-refractivity contribution in [3.63, 3.8) is 0 Å². The molecule has 0 saturated carbocycles. The first-order valence-electron chi connectivity index (χ1n) is 8.66. The van der Waals surface area contributed by atoms with E-state index < -0.39 is 0 Å². The minimum absolute atomic E-state index is 0.00179. The van der Waals surface area contributed by atoms with E-state index in [-0.39, 0.29) is 24.9 Å². The quantitative estimate of drug-likeness (QED) is 0.851. The van der Waals surface area contributed by atoms with Crippen LogP contribution in [0.25, 0.3) is 11.1 Å². The Balaban J connectivity index is 1.43. The number of nitrogens with one attached hydrogen (secondary N) is 2. The average Bonchev–Trinajstić information content (AvgIpc) is 3.20. The molecular weight excluding hydrogens is 314 g/mol. The molecule has 25 heavy (non-hydrogen) atoms. The third-order valence-corrected chi connectivity index (χ3v) is 4.34. The van der Waals surface area contributed by atoms with Gasteiger partial charge in [-0.15, -0.1) is 0 Å². The van der Waals surface area contributed by atoms with Gasteiger partial charge >= 0.3 is 0 Å². The van der Waals surface area contributed by atoms with Gasteiger partial charge in [0.15, 0.2) is 0 Å². The number of carbonyl (C=O) groups excluding carboxylic acids is 2. The number of likely N-dealkylation sites (tertiary alicyclic amines) is 1. The Hall–Kier alpha value is -2.82. The first kappa shape index (κ1) is 17.0. The molecule has 5 heteroatoms. The number of anilines is 1. The molecule has 0 aromatic heterocycles. The van der Waals surface area contributed by atoms with Crippen molar-refractivity contribution in [2.45, 2.75) is 12.8 Å². The van der Waals surface area contributed by atoms with Crippen LogP contribution in [0.1, 0.15) is 12.8 Å². The van der Waals surface area contributed by atoms with Gasteiger partial charge in [0.25, 0.3) is 0 Å². The molecule has 0 bridgehead atoms. The van der Waals surface area contributed by atoms with Gasteiger partial charge in [-0.2, -0.15) is 0 Å². The van der Waals surface area contributed by atoms with Crippen LogP contribution >= 0.6 is 0 Å². The highest BCUT2D eigenvalue weighted by Crippen LogP contribution is 2.20. The van der Waals surface area contributed by atoms with E-state index in [1.165, 1.54) is 0 Å². The average molecular weight is 337 g/mol. The van der Waals surface area contributed by atoms with Gasteiger partial charge in [-0.05, 0) is 36.1 Å². The van der Waals surface area contributed by atoms with Gasteiger partial charge in [0.2, 0.25) is 11.8 Å². The Bertz CT molecular complexity index is 707. The zero-order valence-electron chi connectivity index (χ0n) is 14.2. The molecule has 0 atom stereocenters. The topological polar surface area (TPSA) is 61.4 Å². The predicted molar refractivity (Wildman–Crippen MR) is 99.2 cm³/mol. The first-order valence-corrected chi connectivity index (χ1v) is 8.66. The van der Waals surface area contributed by atoms with E-state index in [0.29, 0.717) is 0 Å². The summed E-state index contributed by atoms with van der Waals surface area (Å²) in [6.45, 7) is 1.84. The molecule has 2 aromatic rings. The van der Waals surface area contributed by atoms with Crippen LogP contribution in [0.5, 0.6) is 0 Å². The van der Waals surface area contributed by atoms with Crippen molar-refractivity contribution < 1.29 is 9.59 Å². The summed E-state index contributed by atoms with van der Waals surface area (Å²) in [5.41, 5.74) is 3.17. The molecule has 130 valence electrons. The molecule has 1 aliphatic heterocycles. The highest BCUT2D eigenvalue weighted by Gasteiger charge is 2.17. The van der Waals surface area contributed by atoms with E-state index in [2.05, 4.69) is 22.8 Å². The SMILES string of the molecule is O=C(CNc1ccc(-c2ccccc2)cc1)NCC(=O)N1CCCC1. The molecule has 2 aromatic carbocycles. The third-order valence-electron chi connectivity index (χ3n) is 4.34. The molecule has 0 aliphatic carbocycles. The summed E-state index contributed by atoms with van der Waals surface area (Å²) >= 11 is 0. The van der Waals surface area contributed by atoms with Gasteiger partial charge < -0.3 is 15.5 Å². The van der Waals surface area contributed by atoms with Gasteiger partial charge in [-0.3, -0.25) is 9.59 Å². The molecular formula is C20H23N3O2. The zero-order valence-corrected chi connectivity index (χ0v) is 14.2. The molecule has 2 N–H and O–H groups in total. The van der Waals surface area contributed by atoms with Gasteiger partial charge in [-0.1, -0.05) is 42.5 Å². The predicted octanol–water partition coefficient (Wildman–Crippen LogP) is 2.50. The van der Waals surface area contributed by atoms with Crippen LogP contribution in [-0.2, 0) is 9.59 Å². The van der Waals surface area contributed by atoms with Crippen LogP contribution in [0.4, 0.5) is 5.69 Å². The Morgan fingerprint density at radius 3 is 2.16 bits per heavy atom. The summed E-state index contributed by atoms with van der Waals surface area (Å²) < 4.78 is 0. The molecule has 1 heterocycles. The monoisotopic (exact) mass is 337 g/mol. The summed E-state index contributed by atoms with van der Waals surface area (Å²) in [6.07, 6.45) is 2.11. The summed E-state index contributed by atoms with van der Waals surface area (Å²) in [7, 11) is 0. The van der Waals surface area contributed by atoms with E-state index in [0.717, 1.165) is 42.7 Å². The molecule has 5 nitrogen and oxygen atoms in total. The minimum Gasteiger partial charge on any atom is -0.376 e. The lowest BCUT2D eigenvalue weighted by molar-refractivity contribution is -0.131. The van der Waals surface area contributed by atoms with Crippen LogP contribution in [0.2, 0.25) is 0 Å². The van der Waals surface area contributed by atoms with Crippen molar-refractivity contribution in [2.24, 2.45) is 0 Å². The van der Waals surface area contributed by atoms with Crippen LogP contribution in [0, 0.1) is 0 Å². The highest BCUT2D eigenvalue weighted by molar-refractivity contribution is 5.87. The lowest BCUT2D eigenvalue weighted by atomic mass is 10.1. The summed E-state index contributed by atoms with van der Waals surface area (Å²) in [6, 6.07) is 18.1. The first-order chi connectivity index (χ1) is 12.2. The van der Waals surface area contributed by atoms with Crippen LogP contribution < -0.4 is 10.6 Å². The standard InChI is InChI=1S/C20H23N3O2/c24-19(22-15-20(25)23-12-4-5-13-23)14-21-18-10-8-17(9-11-18)16-6-2-1-3-7-16/h1-3,6-11,21H,4-5,12-15H2,(H,22,24). The third kappa shape index (κ3) is 4.83. The van der Waals surface area contributed by atoms with Crippen LogP contribution in [-0.4, -0.2) is 42.9 Å². The maximum absolute atomic E-state index is 11.9. The second-order valence-electron chi connectivity index (χ2n) is 6.16. The van der Waals surface area contributed by atoms with E-state index in [9.17, 15) is 9.59 Å². The number of amides is 2. The number of hydrogen-bond acceptors (Lipinski definition) is 3. The lowest BCUT2D eigenvalue weighted by Gasteiger charge is -2.15. The highest BCUT2D eigenvalue weighted by atomic mass is 16.2. The van der Waals surface area contributed by atoms with Crippen LogP contribution in [0.15, 0.2) is 54.6 Å². The number of carbonyl (C=O) groups is 2. The van der Waals surface area contributed by atoms with Gasteiger partial charge in [0.05, 0.1) is 13.1 Å². The Morgan fingerprint density at radius 1 is 0.840 bits per heavy atom. The van der Waals surface area contributed by atoms with E-state index in [4.69, 9.17) is 0 Å². The smallest absolute Gasteiger partial charge is 0.241 e. The van der Waals surface area contributed by atoms with Crippen molar-refractivity contribution in [3.8, 4) is 11.1 Å². The van der Waals surface area contributed by atoms with Crippen molar-refractivity contribution >= 4 is 17.5 Å². The summed E-state index contributed by atoms with van der Waals surface area (Å²) in [4.78, 5) is 25.6. The maximum atomic E-state index is 11.9. The molecule has 0 spiro atoms. The number of hydrogen-bond donors (Lipinski definition) is 2. The lowest BCUT2D eigenvalue weighted by Crippen LogP contribution is -2.40. The van der Waals surface area contributed by atoms with E-state index in [1.807, 2.05) is 42.5 Å². The Labute approximate surface area is 148 Å². The second-order valence-corrected chi connectivity index (χ2v) is 6.16. The second kappa shape index (κ2) is 8.33. The molecule has 1 saturated heterocycles. The number of nitrogens with zero attached hydrogens (tertiary/aromatic N) is 1. The number of benzene rings is 2. The van der Waals surface area contributed by atoms with Gasteiger partial charge in [-0.25, -0.2) is 0 Å². The van der Waals surface area contributed by atoms with Crippen molar-refractivity contribution in [1.82, 2.24) is 10.2 Å². The fraction of sp³-hybridized carbons (Fsp3) is 0.300. The minimum atomic E-state index is -0.181. The number of rotatable bonds is 6. The zero-order chi connectivity index (χ0) is 17.5. The van der Waals surface area contributed by atoms with Crippen molar-refractivity contribution in [1.29, 1.82) is 0 Å². The van der Waals surface area contributed by atoms with Crippen LogP contribution in [0.3, 0.4) is 0 Å². The van der Waals surface area contributed by atoms with E-state index in [1.54, 1.807) is 4.90 Å². The molecule has 1 fully saturated rings.